The fraction of sp³-hybridized carbons (Fsp3) is 0.523. The number of ether oxygens (including phenoxy) is 3. The van der Waals surface area contributed by atoms with Crippen LogP contribution in [0.15, 0.2) is 213 Å². The van der Waals surface area contributed by atoms with Gasteiger partial charge >= 0.3 is 5.97 Å². The van der Waals surface area contributed by atoms with Gasteiger partial charge in [-0.1, -0.05) is 80.1 Å². The summed E-state index contributed by atoms with van der Waals surface area (Å²) < 4.78 is 18.7. The van der Waals surface area contributed by atoms with Crippen molar-refractivity contribution in [3.8, 4) is 0 Å². The summed E-state index contributed by atoms with van der Waals surface area (Å²) in [6, 6.07) is -0.888. The maximum atomic E-state index is 14.4. The van der Waals surface area contributed by atoms with Crippen LogP contribution in [0, 0.1) is 23.7 Å². The second kappa shape index (κ2) is 32.4. The van der Waals surface area contributed by atoms with Gasteiger partial charge in [-0.05, 0) is 201 Å². The van der Waals surface area contributed by atoms with E-state index in [9.17, 15) is 24.6 Å². The van der Waals surface area contributed by atoms with Crippen LogP contribution >= 0.6 is 0 Å². The highest BCUT2D eigenvalue weighted by molar-refractivity contribution is 6.23. The number of hydrogen-bond donors (Lipinski definition) is 6. The molecule has 18 heteroatoms. The van der Waals surface area contributed by atoms with Crippen molar-refractivity contribution < 1.29 is 38.8 Å². The van der Waals surface area contributed by atoms with Crippen LogP contribution in [0.4, 0.5) is 0 Å². The van der Waals surface area contributed by atoms with Crippen LogP contribution < -0.4 is 21.3 Å². The van der Waals surface area contributed by atoms with Crippen LogP contribution in [0.3, 0.4) is 0 Å². The molecule has 12 aliphatic rings. The van der Waals surface area contributed by atoms with E-state index < -0.39 is 12.0 Å². The molecule has 0 spiro atoms. The van der Waals surface area contributed by atoms with Crippen LogP contribution in [0.1, 0.15) is 226 Å². The topological polar surface area (TPSA) is 242 Å². The minimum atomic E-state index is -0.888. The molecule has 2 saturated heterocycles. The fourth-order valence-corrected chi connectivity index (χ4v) is 17.1. The Bertz CT molecular complexity index is 4380. The summed E-state index contributed by atoms with van der Waals surface area (Å²) >= 11 is 0. The van der Waals surface area contributed by atoms with E-state index in [-0.39, 0.29) is 78.7 Å². The molecule has 7 atom stereocenters. The number of aliphatic hydroxyl groups excluding tert-OH is 2. The third-order valence-electron chi connectivity index (χ3n) is 23.3. The Hall–Kier alpha value is -8.61. The number of amides is 2. The first-order valence-corrected chi connectivity index (χ1v) is 39.0. The zero-order valence-corrected chi connectivity index (χ0v) is 64.3. The predicted molar refractivity (Wildman–Crippen MR) is 417 cm³/mol. The Morgan fingerprint density at radius 3 is 1.41 bits per heavy atom. The highest BCUT2D eigenvalue weighted by Crippen LogP contribution is 2.50. The molecule has 10 aliphatic heterocycles. The Kier molecular flexibility index (Phi) is 23.4. The van der Waals surface area contributed by atoms with Crippen LogP contribution in [-0.4, -0.2) is 107 Å². The molecule has 18 nitrogen and oxygen atoms in total. The monoisotopic (exact) mass is 1410 g/mol. The molecule has 0 saturated carbocycles. The van der Waals surface area contributed by atoms with Gasteiger partial charge in [-0.25, -0.2) is 34.7 Å². The molecule has 12 rings (SSSR count). The normalized spacial score (nSPS) is 23.3. The van der Waals surface area contributed by atoms with E-state index >= 15 is 0 Å². The molecular formula is C86H110N10O8. The molecule has 16 bridgehead atoms. The van der Waals surface area contributed by atoms with Gasteiger partial charge in [0, 0.05) is 125 Å². The first-order chi connectivity index (χ1) is 50.1. The molecule has 2 unspecified atom stereocenters. The van der Waals surface area contributed by atoms with Gasteiger partial charge in [-0.15, -0.1) is 0 Å². The summed E-state index contributed by atoms with van der Waals surface area (Å²) in [4.78, 5) is 73.9. The lowest BCUT2D eigenvalue weighted by atomic mass is 9.86. The lowest BCUT2D eigenvalue weighted by molar-refractivity contribution is -0.147. The predicted octanol–water partition coefficient (Wildman–Crippen LogP) is 17.2. The van der Waals surface area contributed by atoms with Crippen molar-refractivity contribution in [2.45, 2.75) is 244 Å². The van der Waals surface area contributed by atoms with Gasteiger partial charge in [0.2, 0.25) is 11.8 Å². The summed E-state index contributed by atoms with van der Waals surface area (Å²) in [5.74, 6) is -0.727. The van der Waals surface area contributed by atoms with Crippen LogP contribution in [0.2, 0.25) is 0 Å². The molecule has 10 heterocycles. The van der Waals surface area contributed by atoms with Crippen molar-refractivity contribution in [1.82, 2.24) is 21.3 Å². The van der Waals surface area contributed by atoms with Crippen molar-refractivity contribution in [3.05, 3.63) is 183 Å². The Morgan fingerprint density at radius 1 is 0.529 bits per heavy atom. The minimum absolute atomic E-state index is 0.0404. The lowest BCUT2D eigenvalue weighted by Crippen LogP contribution is -2.42. The second-order valence-corrected chi connectivity index (χ2v) is 30.0. The number of rotatable bonds is 30. The molecule has 0 radical (unpaired) electrons. The van der Waals surface area contributed by atoms with Crippen molar-refractivity contribution in [2.24, 2.45) is 53.6 Å². The van der Waals surface area contributed by atoms with Gasteiger partial charge in [0.25, 0.3) is 0 Å². The maximum Gasteiger partial charge on any atom is 0.328 e. The Balaban J connectivity index is 0.727. The smallest absolute Gasteiger partial charge is 0.328 e. The SMILES string of the molecule is CCCCCCOC(C)C1=C(C)C2=NC1=CC1=NC(=CC3=C(C)C4=C(O)CC(=C5NC(=C2)[C@@H](C)[C@@H]5CCC(=O)NCCCC[C@H](NC(=O)CC[C@@H]2C5=C6CC(O)=C7C6=NC(=C7C)C=C6N=C(C=C7N=C(C=C(N5)[C@H]2C)C(C)=C7C(C)OCCCCCC)C(C)=C6CC)C(=O)OCC)C4=N3)C(CC)=C1C. The van der Waals surface area contributed by atoms with Gasteiger partial charge in [-0.3, -0.25) is 9.59 Å². The molecule has 552 valence electrons. The summed E-state index contributed by atoms with van der Waals surface area (Å²) in [6.07, 6.45) is 26.1. The fourth-order valence-electron chi connectivity index (χ4n) is 17.1. The van der Waals surface area contributed by atoms with E-state index in [1.165, 1.54) is 12.8 Å². The zero-order chi connectivity index (χ0) is 73.9. The van der Waals surface area contributed by atoms with E-state index in [4.69, 9.17) is 44.2 Å². The molecule has 104 heavy (non-hydrogen) atoms. The largest absolute Gasteiger partial charge is 0.511 e. The molecular weight excluding hydrogens is 1300 g/mol. The Morgan fingerprint density at radius 2 is 0.971 bits per heavy atom. The molecule has 0 aromatic heterocycles. The van der Waals surface area contributed by atoms with Crippen LogP contribution in [-0.2, 0) is 28.6 Å². The highest BCUT2D eigenvalue weighted by Gasteiger charge is 2.44. The molecule has 2 amide bonds. The van der Waals surface area contributed by atoms with Crippen molar-refractivity contribution in [3.63, 3.8) is 0 Å². The molecule has 0 aromatic carbocycles. The third kappa shape index (κ3) is 15.0. The number of nitrogens with one attached hydrogen (secondary N) is 4. The average molecular weight is 1410 g/mol. The second-order valence-electron chi connectivity index (χ2n) is 30.0. The first-order valence-electron chi connectivity index (χ1n) is 39.0. The van der Waals surface area contributed by atoms with E-state index in [2.05, 4.69) is 141 Å². The molecule has 6 N–H and O–H groups in total. The molecule has 0 aromatic rings. The summed E-state index contributed by atoms with van der Waals surface area (Å²) in [7, 11) is 0. The van der Waals surface area contributed by atoms with Crippen molar-refractivity contribution >= 4 is 52.1 Å². The van der Waals surface area contributed by atoms with Crippen molar-refractivity contribution in [2.75, 3.05) is 26.4 Å². The lowest BCUT2D eigenvalue weighted by Gasteiger charge is -2.20. The Labute approximate surface area is 616 Å². The molecule has 2 fully saturated rings. The van der Waals surface area contributed by atoms with E-state index in [1.807, 2.05) is 13.8 Å². The first kappa shape index (κ1) is 75.1. The summed E-state index contributed by atoms with van der Waals surface area (Å²) in [5, 5.41) is 37.5. The highest BCUT2D eigenvalue weighted by atomic mass is 16.5. The average Bonchev–Trinajstić information content (AvgIpc) is 1.59. The number of esters is 1. The number of aliphatic hydroxyl groups is 2. The number of allylic oxidation sites excluding steroid dienone is 22. The quantitative estimate of drug-likeness (QED) is 0.0293. The van der Waals surface area contributed by atoms with Crippen LogP contribution in [0.5, 0.6) is 0 Å². The molecule has 2 aliphatic carbocycles. The zero-order valence-electron chi connectivity index (χ0n) is 64.3. The number of aliphatic imine (C=N–C) groups is 6. The van der Waals surface area contributed by atoms with Gasteiger partial charge in [-0.2, -0.15) is 0 Å². The van der Waals surface area contributed by atoms with Gasteiger partial charge in [0.15, 0.2) is 0 Å². The summed E-state index contributed by atoms with van der Waals surface area (Å²) in [6.45, 7) is 33.6. The van der Waals surface area contributed by atoms with E-state index in [0.717, 1.165) is 221 Å². The number of hydrogen-bond acceptors (Lipinski definition) is 16. The maximum absolute atomic E-state index is 14.4. The number of fused-ring (bicyclic) bond motifs is 10. The van der Waals surface area contributed by atoms with Gasteiger partial charge < -0.3 is 45.7 Å². The van der Waals surface area contributed by atoms with Crippen molar-refractivity contribution in [1.29, 1.82) is 0 Å². The number of carbonyl (C=O) groups is 3. The van der Waals surface area contributed by atoms with Gasteiger partial charge in [0.05, 0.1) is 87.3 Å². The third-order valence-corrected chi connectivity index (χ3v) is 23.3. The number of carbonyl (C=O) groups excluding carboxylic acids is 3. The minimum Gasteiger partial charge on any atom is -0.511 e. The van der Waals surface area contributed by atoms with E-state index in [0.29, 0.717) is 64.7 Å². The number of nitrogens with zero attached hydrogens (tertiary/aromatic N) is 6. The standard InChI is InChI=1S/C86H110N10O8/c1-16-21-23-27-35-103-53(14)78-49(10)66-39-64-47(8)57(82(93-64)59-37-74(97)80-51(12)68(95-84(59)80)41-70-55(18-3)45(6)62(88-70)43-72(78)90-66)30-32-76(99)87-34-26-25-29-61(86(101)102-20-5)92-77(100)33-31-58-48(9)65-40-67-50(11)79(54(15)104-36-28-24-22-17-2)73(91-67)44-63-46(7)56(19-4)71(89-63)42-69-52(13)81-75(98)38-60(83(58)94-65)85(81)96-69/h39-44,47-48,53-54,57-58,61,93-94,97-98H,16-38H2,1-15H3,(H,87,99)(H,92,100)/t47-,48-,53?,54?,57-,58-,61-/m0/s1. The summed E-state index contributed by atoms with van der Waals surface area (Å²) in [5.41, 5.74) is 27.5. The van der Waals surface area contributed by atoms with Gasteiger partial charge in [0.1, 0.15) is 17.6 Å². The van der Waals surface area contributed by atoms with Crippen LogP contribution in [0.25, 0.3) is 0 Å². The van der Waals surface area contributed by atoms with E-state index in [1.54, 1.807) is 6.92 Å². The number of unbranched alkanes of at least 4 members (excludes halogenated alkanes) is 7.